The van der Waals surface area contributed by atoms with E-state index in [1.165, 1.54) is 0 Å². The van der Waals surface area contributed by atoms with Gasteiger partial charge in [0.05, 0.1) is 11.1 Å². The number of para-hydroxylation sites is 1. The smallest absolute Gasteiger partial charge is 0.221 e. The maximum atomic E-state index is 11.6. The lowest BCUT2D eigenvalue weighted by molar-refractivity contribution is -0.121. The van der Waals surface area contributed by atoms with Crippen LogP contribution in [0.5, 0.6) is 0 Å². The third-order valence-electron chi connectivity index (χ3n) is 3.06. The molecule has 0 unspecified atom stereocenters. The van der Waals surface area contributed by atoms with Gasteiger partial charge in [0, 0.05) is 19.5 Å². The van der Waals surface area contributed by atoms with Crippen LogP contribution in [0.3, 0.4) is 0 Å². The predicted octanol–water partition coefficient (Wildman–Crippen LogP) is 1.41. The Hall–Kier alpha value is -2.55. The maximum absolute atomic E-state index is 11.6. The zero-order valence-corrected chi connectivity index (χ0v) is 11.4. The lowest BCUT2D eigenvalue weighted by Crippen LogP contribution is -2.25. The van der Waals surface area contributed by atoms with Crippen LogP contribution in [0.25, 0.3) is 11.0 Å². The van der Waals surface area contributed by atoms with Gasteiger partial charge in [0.1, 0.15) is 11.6 Å². The Morgan fingerprint density at radius 2 is 2.35 bits per heavy atom. The maximum Gasteiger partial charge on any atom is 0.221 e. The molecule has 104 valence electrons. The van der Waals surface area contributed by atoms with Gasteiger partial charge in [-0.2, -0.15) is 5.26 Å². The number of nitrogens with zero attached hydrogens (tertiary/aromatic N) is 3. The third-order valence-corrected chi connectivity index (χ3v) is 3.06. The van der Waals surface area contributed by atoms with Crippen LogP contribution in [0.2, 0.25) is 0 Å². The molecular formula is C14H17N5O. The van der Waals surface area contributed by atoms with Gasteiger partial charge in [-0.3, -0.25) is 4.79 Å². The van der Waals surface area contributed by atoms with Crippen molar-refractivity contribution >= 4 is 22.9 Å². The number of amides is 1. The number of anilines is 1. The molecular weight excluding hydrogens is 254 g/mol. The van der Waals surface area contributed by atoms with Crippen molar-refractivity contribution in [2.24, 2.45) is 0 Å². The second-order valence-electron chi connectivity index (χ2n) is 4.51. The summed E-state index contributed by atoms with van der Waals surface area (Å²) in [6.07, 6.45) is 1.25. The van der Waals surface area contributed by atoms with Crippen LogP contribution < -0.4 is 11.1 Å². The molecule has 3 N–H and O–H groups in total. The van der Waals surface area contributed by atoms with Crippen LogP contribution in [0.15, 0.2) is 18.2 Å². The van der Waals surface area contributed by atoms with Gasteiger partial charge in [-0.1, -0.05) is 13.0 Å². The van der Waals surface area contributed by atoms with Crippen LogP contribution in [-0.4, -0.2) is 22.0 Å². The summed E-state index contributed by atoms with van der Waals surface area (Å²) in [4.78, 5) is 15.8. The van der Waals surface area contributed by atoms with Crippen molar-refractivity contribution in [1.29, 1.82) is 5.26 Å². The normalized spacial score (nSPS) is 10.4. The van der Waals surface area contributed by atoms with Crippen LogP contribution in [-0.2, 0) is 11.3 Å². The van der Waals surface area contributed by atoms with E-state index < -0.39 is 0 Å². The second-order valence-corrected chi connectivity index (χ2v) is 4.51. The van der Waals surface area contributed by atoms with Crippen molar-refractivity contribution in [2.75, 3.05) is 12.3 Å². The highest BCUT2D eigenvalue weighted by atomic mass is 16.1. The number of hydrogen-bond donors (Lipinski definition) is 2. The molecule has 0 saturated heterocycles. The molecule has 2 rings (SSSR count). The molecule has 0 aliphatic carbocycles. The molecule has 0 atom stereocenters. The number of nitrogens with two attached hydrogens (primary N) is 1. The van der Waals surface area contributed by atoms with Crippen molar-refractivity contribution in [2.45, 2.75) is 26.3 Å². The van der Waals surface area contributed by atoms with Gasteiger partial charge in [-0.15, -0.1) is 0 Å². The first-order valence-corrected chi connectivity index (χ1v) is 6.59. The number of aromatic nitrogens is 2. The Morgan fingerprint density at radius 3 is 3.05 bits per heavy atom. The Bertz CT molecular complexity index is 668. The predicted molar refractivity (Wildman–Crippen MR) is 76.8 cm³/mol. The van der Waals surface area contributed by atoms with E-state index in [-0.39, 0.29) is 5.91 Å². The van der Waals surface area contributed by atoms with Crippen LogP contribution in [0.1, 0.15) is 25.3 Å². The quantitative estimate of drug-likeness (QED) is 0.859. The molecule has 0 aliphatic heterocycles. The number of rotatable bonds is 5. The van der Waals surface area contributed by atoms with Crippen LogP contribution in [0, 0.1) is 11.3 Å². The van der Waals surface area contributed by atoms with Gasteiger partial charge < -0.3 is 15.6 Å². The van der Waals surface area contributed by atoms with Gasteiger partial charge >= 0.3 is 0 Å². The summed E-state index contributed by atoms with van der Waals surface area (Å²) in [6.45, 7) is 3.13. The Balaban J connectivity index is 2.21. The standard InChI is InChI=1S/C14H17N5O/c1-2-7-17-12(20)6-8-19-11-5-3-4-10(9-15)13(11)18-14(19)16/h3-5H,2,6-8H2,1H3,(H2,16,18)(H,17,20). The number of nitriles is 1. The molecule has 0 radical (unpaired) electrons. The highest BCUT2D eigenvalue weighted by Gasteiger charge is 2.12. The summed E-state index contributed by atoms with van der Waals surface area (Å²) in [5.41, 5.74) is 7.73. The minimum Gasteiger partial charge on any atom is -0.369 e. The number of nitrogens with one attached hydrogen (secondary N) is 1. The molecule has 0 bridgehead atoms. The third kappa shape index (κ3) is 2.72. The highest BCUT2D eigenvalue weighted by Crippen LogP contribution is 2.21. The van der Waals surface area contributed by atoms with Gasteiger partial charge in [-0.05, 0) is 18.6 Å². The fourth-order valence-electron chi connectivity index (χ4n) is 2.06. The molecule has 0 spiro atoms. The fraction of sp³-hybridized carbons (Fsp3) is 0.357. The molecule has 20 heavy (non-hydrogen) atoms. The van der Waals surface area contributed by atoms with Crippen molar-refractivity contribution in [3.63, 3.8) is 0 Å². The molecule has 1 amide bonds. The SMILES string of the molecule is CCCNC(=O)CCn1c(N)nc2c(C#N)cccc21. The summed E-state index contributed by atoms with van der Waals surface area (Å²) >= 11 is 0. The van der Waals surface area contributed by atoms with E-state index in [2.05, 4.69) is 16.4 Å². The summed E-state index contributed by atoms with van der Waals surface area (Å²) in [5, 5.41) is 11.9. The van der Waals surface area contributed by atoms with E-state index in [1.807, 2.05) is 13.0 Å². The van der Waals surface area contributed by atoms with Gasteiger partial charge in [0.2, 0.25) is 11.9 Å². The molecule has 0 aliphatic rings. The average Bonchev–Trinajstić information content (AvgIpc) is 2.78. The molecule has 1 heterocycles. The van der Waals surface area contributed by atoms with Crippen LogP contribution in [0.4, 0.5) is 5.95 Å². The zero-order valence-electron chi connectivity index (χ0n) is 11.4. The van der Waals surface area contributed by atoms with E-state index in [0.29, 0.717) is 36.5 Å². The average molecular weight is 271 g/mol. The Labute approximate surface area is 117 Å². The molecule has 1 aromatic heterocycles. The zero-order chi connectivity index (χ0) is 14.5. The molecule has 2 aromatic rings. The van der Waals surface area contributed by atoms with Crippen molar-refractivity contribution in [3.8, 4) is 6.07 Å². The number of aryl methyl sites for hydroxylation is 1. The topological polar surface area (TPSA) is 96.7 Å². The van der Waals surface area contributed by atoms with E-state index in [9.17, 15) is 4.79 Å². The molecule has 0 fully saturated rings. The second kappa shape index (κ2) is 6.06. The van der Waals surface area contributed by atoms with E-state index in [4.69, 9.17) is 11.0 Å². The Morgan fingerprint density at radius 1 is 1.55 bits per heavy atom. The van der Waals surface area contributed by atoms with Gasteiger partial charge in [0.15, 0.2) is 0 Å². The van der Waals surface area contributed by atoms with E-state index in [1.54, 1.807) is 16.7 Å². The first-order chi connectivity index (χ1) is 9.67. The monoisotopic (exact) mass is 271 g/mol. The lowest BCUT2D eigenvalue weighted by Gasteiger charge is -2.07. The molecule has 1 aromatic carbocycles. The fourth-order valence-corrected chi connectivity index (χ4v) is 2.06. The summed E-state index contributed by atoms with van der Waals surface area (Å²) in [5.74, 6) is 0.315. The van der Waals surface area contributed by atoms with E-state index >= 15 is 0 Å². The van der Waals surface area contributed by atoms with Gasteiger partial charge in [-0.25, -0.2) is 4.98 Å². The van der Waals surface area contributed by atoms with Crippen LogP contribution >= 0.6 is 0 Å². The number of nitrogen functional groups attached to an aromatic ring is 1. The first kappa shape index (κ1) is 13.9. The molecule has 6 heteroatoms. The first-order valence-electron chi connectivity index (χ1n) is 6.59. The Kier molecular flexibility index (Phi) is 4.20. The number of imidazole rings is 1. The van der Waals surface area contributed by atoms with Gasteiger partial charge in [0.25, 0.3) is 0 Å². The molecule has 0 saturated carbocycles. The summed E-state index contributed by atoms with van der Waals surface area (Å²) in [6, 6.07) is 7.43. The highest BCUT2D eigenvalue weighted by molar-refractivity contribution is 5.84. The summed E-state index contributed by atoms with van der Waals surface area (Å²) < 4.78 is 1.77. The minimum absolute atomic E-state index is 0.00969. The van der Waals surface area contributed by atoms with Crippen molar-refractivity contribution in [3.05, 3.63) is 23.8 Å². The number of carbonyl (C=O) groups excluding carboxylic acids is 1. The van der Waals surface area contributed by atoms with Crippen molar-refractivity contribution < 1.29 is 4.79 Å². The molecule has 6 nitrogen and oxygen atoms in total. The summed E-state index contributed by atoms with van der Waals surface area (Å²) in [7, 11) is 0. The lowest BCUT2D eigenvalue weighted by atomic mass is 10.2. The van der Waals surface area contributed by atoms with E-state index in [0.717, 1.165) is 11.9 Å². The number of benzene rings is 1. The minimum atomic E-state index is -0.00969. The number of hydrogen-bond acceptors (Lipinski definition) is 4. The largest absolute Gasteiger partial charge is 0.369 e. The number of carbonyl (C=O) groups is 1. The van der Waals surface area contributed by atoms with Crippen molar-refractivity contribution in [1.82, 2.24) is 14.9 Å². The number of fused-ring (bicyclic) bond motifs is 1.